The fourth-order valence-electron chi connectivity index (χ4n) is 3.40. The van der Waals surface area contributed by atoms with Crippen molar-refractivity contribution in [1.82, 2.24) is 4.98 Å². The molecule has 0 atom stereocenters. The molecule has 0 unspecified atom stereocenters. The fourth-order valence-corrected chi connectivity index (χ4v) is 3.91. The van der Waals surface area contributed by atoms with Crippen LogP contribution < -0.4 is 10.7 Å². The van der Waals surface area contributed by atoms with Crippen molar-refractivity contribution in [3.8, 4) is 11.8 Å². The molecule has 0 aliphatic heterocycles. The molecule has 0 aliphatic rings. The largest absolute Gasteiger partial charge is 0.325 e. The summed E-state index contributed by atoms with van der Waals surface area (Å²) in [5, 5.41) is 6.89. The van der Waals surface area contributed by atoms with E-state index in [-0.39, 0.29) is 10.5 Å². The summed E-state index contributed by atoms with van der Waals surface area (Å²) in [7, 11) is -3.74. The van der Waals surface area contributed by atoms with Gasteiger partial charge in [-0.15, -0.1) is 0 Å². The molecule has 31 heavy (non-hydrogen) atoms. The van der Waals surface area contributed by atoms with E-state index in [1.807, 2.05) is 48.5 Å². The average molecular weight is 429 g/mol. The number of primary sulfonamides is 1. The Morgan fingerprint density at radius 3 is 2.32 bits per heavy atom. The lowest BCUT2D eigenvalue weighted by Crippen LogP contribution is -2.12. The van der Waals surface area contributed by atoms with Crippen LogP contribution in [0.5, 0.6) is 0 Å². The van der Waals surface area contributed by atoms with Crippen molar-refractivity contribution in [2.75, 3.05) is 0 Å². The molecule has 0 radical (unpaired) electrons. The van der Waals surface area contributed by atoms with Crippen molar-refractivity contribution in [2.24, 2.45) is 5.14 Å². The minimum Gasteiger partial charge on any atom is -0.325 e. The summed E-state index contributed by atoms with van der Waals surface area (Å²) in [6.07, 6.45) is 1.10. The van der Waals surface area contributed by atoms with Crippen molar-refractivity contribution >= 4 is 20.8 Å². The summed E-state index contributed by atoms with van der Waals surface area (Å²) in [6.45, 7) is 0. The molecule has 0 saturated heterocycles. The number of hydrogen-bond acceptors (Lipinski definition) is 3. The highest BCUT2D eigenvalue weighted by Crippen LogP contribution is 2.20. The number of H-pyrrole nitrogens is 1. The number of aromatic nitrogens is 1. The predicted molar refractivity (Wildman–Crippen MR) is 122 cm³/mol. The van der Waals surface area contributed by atoms with E-state index < -0.39 is 10.0 Å². The molecule has 0 amide bonds. The summed E-state index contributed by atoms with van der Waals surface area (Å²) >= 11 is 0. The molecule has 0 bridgehead atoms. The van der Waals surface area contributed by atoms with E-state index in [2.05, 4.69) is 16.8 Å². The molecule has 3 aromatic carbocycles. The lowest BCUT2D eigenvalue weighted by molar-refractivity contribution is 0.598. The molecule has 6 heteroatoms. The van der Waals surface area contributed by atoms with E-state index in [0.29, 0.717) is 12.8 Å². The maximum atomic E-state index is 12.1. The van der Waals surface area contributed by atoms with Crippen LogP contribution in [0.15, 0.2) is 88.6 Å². The SMILES string of the molecule is NS(=O)(=O)c1ccc(Cc2[nH]c(=O)cc3ccc(C#CCc4ccccc4)cc23)cc1. The minimum absolute atomic E-state index is 0.0543. The maximum Gasteiger partial charge on any atom is 0.248 e. The van der Waals surface area contributed by atoms with Gasteiger partial charge in [-0.1, -0.05) is 60.4 Å². The van der Waals surface area contributed by atoms with Crippen LogP contribution in [-0.2, 0) is 22.9 Å². The van der Waals surface area contributed by atoms with E-state index in [9.17, 15) is 13.2 Å². The zero-order valence-electron chi connectivity index (χ0n) is 16.6. The Morgan fingerprint density at radius 1 is 0.871 bits per heavy atom. The Morgan fingerprint density at radius 2 is 1.61 bits per heavy atom. The third-order valence-corrected chi connectivity index (χ3v) is 5.87. The van der Waals surface area contributed by atoms with Gasteiger partial charge >= 0.3 is 0 Å². The molecular formula is C25H20N2O3S. The Balaban J connectivity index is 1.65. The van der Waals surface area contributed by atoms with Crippen LogP contribution in [0.2, 0.25) is 0 Å². The number of hydrogen-bond donors (Lipinski definition) is 2. The van der Waals surface area contributed by atoms with Crippen LogP contribution in [0.4, 0.5) is 0 Å². The highest BCUT2D eigenvalue weighted by molar-refractivity contribution is 7.89. The van der Waals surface area contributed by atoms with Crippen molar-refractivity contribution < 1.29 is 8.42 Å². The molecule has 154 valence electrons. The number of rotatable bonds is 4. The van der Waals surface area contributed by atoms with Gasteiger partial charge in [0.2, 0.25) is 15.6 Å². The topological polar surface area (TPSA) is 93.0 Å². The summed E-state index contributed by atoms with van der Waals surface area (Å²) < 4.78 is 22.9. The molecule has 1 aromatic heterocycles. The summed E-state index contributed by atoms with van der Waals surface area (Å²) in [4.78, 5) is 15.1. The van der Waals surface area contributed by atoms with Gasteiger partial charge in [0, 0.05) is 35.6 Å². The molecule has 0 fully saturated rings. The van der Waals surface area contributed by atoms with Gasteiger partial charge < -0.3 is 4.98 Å². The second-order valence-electron chi connectivity index (χ2n) is 7.24. The van der Waals surface area contributed by atoms with Crippen molar-refractivity contribution in [2.45, 2.75) is 17.7 Å². The van der Waals surface area contributed by atoms with Gasteiger partial charge in [0.25, 0.3) is 0 Å². The van der Waals surface area contributed by atoms with Gasteiger partial charge in [-0.2, -0.15) is 0 Å². The smallest absolute Gasteiger partial charge is 0.248 e. The second-order valence-corrected chi connectivity index (χ2v) is 8.81. The van der Waals surface area contributed by atoms with Crippen LogP contribution in [-0.4, -0.2) is 13.4 Å². The van der Waals surface area contributed by atoms with E-state index in [0.717, 1.165) is 33.2 Å². The van der Waals surface area contributed by atoms with E-state index in [1.54, 1.807) is 18.2 Å². The van der Waals surface area contributed by atoms with Gasteiger partial charge in [-0.3, -0.25) is 4.79 Å². The number of sulfonamides is 1. The maximum absolute atomic E-state index is 12.1. The van der Waals surface area contributed by atoms with Crippen LogP contribution in [0.3, 0.4) is 0 Å². The molecule has 0 saturated carbocycles. The minimum atomic E-state index is -3.74. The normalized spacial score (nSPS) is 11.1. The van der Waals surface area contributed by atoms with Crippen molar-refractivity contribution in [1.29, 1.82) is 0 Å². The van der Waals surface area contributed by atoms with E-state index in [4.69, 9.17) is 5.14 Å². The van der Waals surface area contributed by atoms with Gasteiger partial charge in [0.05, 0.1) is 4.90 Å². The van der Waals surface area contributed by atoms with Crippen molar-refractivity contribution in [3.63, 3.8) is 0 Å². The molecular weight excluding hydrogens is 408 g/mol. The molecule has 5 nitrogen and oxygen atoms in total. The van der Waals surface area contributed by atoms with E-state index in [1.165, 1.54) is 12.1 Å². The fraction of sp³-hybridized carbons (Fsp3) is 0.0800. The second kappa shape index (κ2) is 8.60. The number of aromatic amines is 1. The van der Waals surface area contributed by atoms with Gasteiger partial charge in [0.1, 0.15) is 0 Å². The Bertz CT molecular complexity index is 1460. The lowest BCUT2D eigenvalue weighted by Gasteiger charge is -2.08. The number of nitrogens with one attached hydrogen (secondary N) is 1. The Hall–Kier alpha value is -3.66. The molecule has 3 N–H and O–H groups in total. The van der Waals surface area contributed by atoms with Crippen LogP contribution in [0.1, 0.15) is 22.4 Å². The van der Waals surface area contributed by atoms with E-state index >= 15 is 0 Å². The van der Waals surface area contributed by atoms with Crippen molar-refractivity contribution in [3.05, 3.63) is 112 Å². The van der Waals surface area contributed by atoms with Crippen LogP contribution in [0, 0.1) is 11.8 Å². The summed E-state index contributed by atoms with van der Waals surface area (Å²) in [5.74, 6) is 6.39. The Kier molecular flexibility index (Phi) is 5.72. The highest BCUT2D eigenvalue weighted by atomic mass is 32.2. The highest BCUT2D eigenvalue weighted by Gasteiger charge is 2.09. The number of fused-ring (bicyclic) bond motifs is 1. The zero-order valence-corrected chi connectivity index (χ0v) is 17.4. The number of nitrogens with two attached hydrogens (primary N) is 1. The summed E-state index contributed by atoms with van der Waals surface area (Å²) in [5.41, 5.74) is 3.44. The molecule has 4 aromatic rings. The standard InChI is InChI=1S/C25H20N2O3S/c26-31(29,30)22-13-10-20(11-14-22)16-24-23-15-19(9-12-21(23)17-25(28)27-24)8-4-7-18-5-2-1-3-6-18/h1-3,5-6,9-15,17H,7,16H2,(H,27,28)(H2,26,29,30). The first kappa shape index (κ1) is 20.6. The van der Waals surface area contributed by atoms with Crippen LogP contribution in [0.25, 0.3) is 10.8 Å². The van der Waals surface area contributed by atoms with Gasteiger partial charge in [-0.25, -0.2) is 13.6 Å². The van der Waals surface area contributed by atoms with Gasteiger partial charge in [0.15, 0.2) is 0 Å². The quantitative estimate of drug-likeness (QED) is 0.488. The van der Waals surface area contributed by atoms with Crippen LogP contribution >= 0.6 is 0 Å². The Labute approximate surface area is 180 Å². The lowest BCUT2D eigenvalue weighted by atomic mass is 10.0. The summed E-state index contributed by atoms with van der Waals surface area (Å²) in [6, 6.07) is 23.7. The monoisotopic (exact) mass is 428 g/mol. The number of pyridine rings is 1. The first-order chi connectivity index (χ1) is 14.9. The first-order valence-electron chi connectivity index (χ1n) is 9.69. The molecule has 0 spiro atoms. The molecule has 4 rings (SSSR count). The molecule has 1 heterocycles. The first-order valence-corrected chi connectivity index (χ1v) is 11.2. The average Bonchev–Trinajstić information content (AvgIpc) is 2.74. The number of benzene rings is 3. The molecule has 0 aliphatic carbocycles. The van der Waals surface area contributed by atoms with Gasteiger partial charge in [-0.05, 0) is 40.8 Å². The zero-order chi connectivity index (χ0) is 21.8. The predicted octanol–water partition coefficient (Wildman–Crippen LogP) is 3.36. The third kappa shape index (κ3) is 5.10. The third-order valence-electron chi connectivity index (χ3n) is 4.94.